The highest BCUT2D eigenvalue weighted by Crippen LogP contribution is 2.29. The summed E-state index contributed by atoms with van der Waals surface area (Å²) in [7, 11) is 4.04. The van der Waals surface area contributed by atoms with E-state index in [1.165, 1.54) is 0 Å². The van der Waals surface area contributed by atoms with Crippen molar-refractivity contribution < 1.29 is 13.6 Å². The summed E-state index contributed by atoms with van der Waals surface area (Å²) in [6.07, 6.45) is 3.31. The monoisotopic (exact) mass is 424 g/mol. The van der Waals surface area contributed by atoms with E-state index in [0.29, 0.717) is 0 Å². The summed E-state index contributed by atoms with van der Waals surface area (Å²) in [5, 5.41) is 7.55. The third-order valence-electron chi connectivity index (χ3n) is 5.72. The van der Waals surface area contributed by atoms with Gasteiger partial charge in [0, 0.05) is 54.9 Å². The molecule has 1 amide bonds. The van der Waals surface area contributed by atoms with Crippen LogP contribution in [0.2, 0.25) is 0 Å². The van der Waals surface area contributed by atoms with Crippen molar-refractivity contribution in [2.75, 3.05) is 24.3 Å². The molecule has 3 aromatic rings. The van der Waals surface area contributed by atoms with E-state index in [9.17, 15) is 13.6 Å². The normalized spacial score (nSPS) is 18.6. The lowest BCUT2D eigenvalue weighted by molar-refractivity contribution is 0.0925. The van der Waals surface area contributed by atoms with E-state index >= 15 is 0 Å². The average molecular weight is 424 g/mol. The topological polar surface area (TPSA) is 57.3 Å². The summed E-state index contributed by atoms with van der Waals surface area (Å²) in [6.45, 7) is 0. The predicted molar refractivity (Wildman–Crippen MR) is 120 cm³/mol. The molecule has 2 N–H and O–H groups in total. The number of benzene rings is 2. The molecule has 1 aromatic heterocycles. The first kappa shape index (κ1) is 21.0. The Balaban J connectivity index is 1.38. The van der Waals surface area contributed by atoms with Gasteiger partial charge in [0.2, 0.25) is 0 Å². The highest BCUT2D eigenvalue weighted by Gasteiger charge is 2.23. The number of nitrogens with one attached hydrogen (secondary N) is 2. The molecule has 0 aliphatic heterocycles. The van der Waals surface area contributed by atoms with E-state index in [4.69, 9.17) is 4.98 Å². The van der Waals surface area contributed by atoms with Crippen LogP contribution in [0.3, 0.4) is 0 Å². The van der Waals surface area contributed by atoms with Gasteiger partial charge < -0.3 is 15.5 Å². The Labute approximate surface area is 180 Å². The molecular formula is C24H26F2N4O. The number of pyridine rings is 1. The number of carbonyl (C=O) groups is 1. The van der Waals surface area contributed by atoms with Crippen LogP contribution < -0.4 is 15.5 Å². The van der Waals surface area contributed by atoms with Gasteiger partial charge in [-0.3, -0.25) is 4.79 Å². The number of anilines is 2. The van der Waals surface area contributed by atoms with Gasteiger partial charge >= 0.3 is 0 Å². The number of hydrogen-bond donors (Lipinski definition) is 2. The highest BCUT2D eigenvalue weighted by molar-refractivity contribution is 5.94. The fourth-order valence-electron chi connectivity index (χ4n) is 4.15. The minimum absolute atomic E-state index is 0.00864. The molecule has 0 saturated heterocycles. The molecule has 5 nitrogen and oxygen atoms in total. The number of para-hydroxylation sites is 1. The maximum Gasteiger partial charge on any atom is 0.251 e. The molecule has 0 unspecified atom stereocenters. The van der Waals surface area contributed by atoms with Gasteiger partial charge in [-0.25, -0.2) is 13.8 Å². The number of fused-ring (bicyclic) bond motifs is 1. The molecule has 0 radical (unpaired) electrons. The van der Waals surface area contributed by atoms with E-state index in [2.05, 4.69) is 27.7 Å². The van der Waals surface area contributed by atoms with E-state index in [1.807, 2.05) is 32.3 Å². The molecule has 0 atom stereocenters. The Bertz CT molecular complexity index is 1070. The second-order valence-corrected chi connectivity index (χ2v) is 8.26. The predicted octanol–water partition coefficient (Wildman–Crippen LogP) is 4.73. The summed E-state index contributed by atoms with van der Waals surface area (Å²) in [5.74, 6) is -1.11. The lowest BCUT2D eigenvalue weighted by Gasteiger charge is -2.30. The first-order valence-electron chi connectivity index (χ1n) is 10.5. The highest BCUT2D eigenvalue weighted by atomic mass is 19.1. The third kappa shape index (κ3) is 4.93. The van der Waals surface area contributed by atoms with E-state index < -0.39 is 17.5 Å². The molecule has 31 heavy (non-hydrogen) atoms. The molecule has 1 saturated carbocycles. The summed E-state index contributed by atoms with van der Waals surface area (Å²) in [4.78, 5) is 19.2. The Hall–Kier alpha value is -3.22. The number of aromatic nitrogens is 1. The number of carbonyl (C=O) groups excluding carboxylic acids is 1. The Morgan fingerprint density at radius 2 is 1.61 bits per heavy atom. The van der Waals surface area contributed by atoms with Gasteiger partial charge in [0.05, 0.1) is 5.52 Å². The summed E-state index contributed by atoms with van der Waals surface area (Å²) in [5.41, 5.74) is 2.06. The largest absolute Gasteiger partial charge is 0.377 e. The van der Waals surface area contributed by atoms with Crippen molar-refractivity contribution in [1.82, 2.24) is 10.3 Å². The van der Waals surface area contributed by atoms with E-state index in [-0.39, 0.29) is 17.6 Å². The van der Waals surface area contributed by atoms with Crippen LogP contribution in [0.4, 0.5) is 20.3 Å². The zero-order valence-corrected chi connectivity index (χ0v) is 17.7. The SMILES string of the molecule is CN(C)c1cc(NC2CCC(NC(=O)c3cc(F)cc(F)c3)CC2)nc2ccccc12. The molecule has 162 valence electrons. The molecule has 7 heteroatoms. The Morgan fingerprint density at radius 3 is 2.29 bits per heavy atom. The van der Waals surface area contributed by atoms with Crippen molar-refractivity contribution in [1.29, 1.82) is 0 Å². The van der Waals surface area contributed by atoms with Crippen LogP contribution in [0.25, 0.3) is 10.9 Å². The molecule has 0 bridgehead atoms. The zero-order valence-electron chi connectivity index (χ0n) is 17.7. The van der Waals surface area contributed by atoms with Gasteiger partial charge in [0.25, 0.3) is 5.91 Å². The summed E-state index contributed by atoms with van der Waals surface area (Å²) < 4.78 is 26.7. The third-order valence-corrected chi connectivity index (χ3v) is 5.72. The van der Waals surface area contributed by atoms with Gasteiger partial charge in [0.1, 0.15) is 17.5 Å². The van der Waals surface area contributed by atoms with Gasteiger partial charge in [0.15, 0.2) is 0 Å². The first-order valence-corrected chi connectivity index (χ1v) is 10.5. The molecule has 1 aliphatic carbocycles. The van der Waals surface area contributed by atoms with Gasteiger partial charge in [-0.05, 0) is 43.9 Å². The molecular weight excluding hydrogens is 398 g/mol. The molecule has 1 aliphatic rings. The lowest BCUT2D eigenvalue weighted by atomic mass is 9.91. The standard InChI is InChI=1S/C24H26F2N4O/c1-30(2)22-14-23(29-21-6-4-3-5-20(21)22)27-18-7-9-19(10-8-18)28-24(31)15-11-16(25)13-17(26)12-15/h3-6,11-14,18-19H,7-10H2,1-2H3,(H,27,29)(H,28,31). The number of amides is 1. The maximum absolute atomic E-state index is 13.4. The molecule has 0 spiro atoms. The average Bonchev–Trinajstić information content (AvgIpc) is 2.73. The van der Waals surface area contributed by atoms with Gasteiger partial charge in [-0.1, -0.05) is 18.2 Å². The van der Waals surface area contributed by atoms with Crippen LogP contribution in [0.5, 0.6) is 0 Å². The number of halogens is 2. The van der Waals surface area contributed by atoms with Gasteiger partial charge in [-0.15, -0.1) is 0 Å². The summed E-state index contributed by atoms with van der Waals surface area (Å²) >= 11 is 0. The van der Waals surface area contributed by atoms with E-state index in [0.717, 1.165) is 66.3 Å². The fourth-order valence-corrected chi connectivity index (χ4v) is 4.15. The Kier molecular flexibility index (Phi) is 6.02. The first-order chi connectivity index (χ1) is 14.9. The van der Waals surface area contributed by atoms with Crippen LogP contribution in [-0.4, -0.2) is 37.1 Å². The van der Waals surface area contributed by atoms with Crippen molar-refractivity contribution in [2.45, 2.75) is 37.8 Å². The minimum atomic E-state index is -0.752. The lowest BCUT2D eigenvalue weighted by Crippen LogP contribution is -2.40. The zero-order chi connectivity index (χ0) is 22.0. The second-order valence-electron chi connectivity index (χ2n) is 8.26. The molecule has 2 aromatic carbocycles. The maximum atomic E-state index is 13.4. The van der Waals surface area contributed by atoms with Crippen LogP contribution in [0, 0.1) is 11.6 Å². The van der Waals surface area contributed by atoms with Crippen molar-refractivity contribution in [2.24, 2.45) is 0 Å². The molecule has 1 fully saturated rings. The van der Waals surface area contributed by atoms with Crippen molar-refractivity contribution in [3.05, 3.63) is 65.7 Å². The quantitative estimate of drug-likeness (QED) is 0.622. The number of rotatable bonds is 5. The van der Waals surface area contributed by atoms with Crippen molar-refractivity contribution in [3.8, 4) is 0 Å². The smallest absolute Gasteiger partial charge is 0.251 e. The second kappa shape index (κ2) is 8.88. The fraction of sp³-hybridized carbons (Fsp3) is 0.333. The Morgan fingerprint density at radius 1 is 0.968 bits per heavy atom. The van der Waals surface area contributed by atoms with Gasteiger partial charge in [-0.2, -0.15) is 0 Å². The number of nitrogens with zero attached hydrogens (tertiary/aromatic N) is 2. The minimum Gasteiger partial charge on any atom is -0.377 e. The van der Waals surface area contributed by atoms with Crippen molar-refractivity contribution >= 4 is 28.3 Å². The molecule has 1 heterocycles. The van der Waals surface area contributed by atoms with Crippen molar-refractivity contribution in [3.63, 3.8) is 0 Å². The van der Waals surface area contributed by atoms with Crippen LogP contribution in [-0.2, 0) is 0 Å². The molecule has 4 rings (SSSR count). The van der Waals surface area contributed by atoms with E-state index in [1.54, 1.807) is 0 Å². The number of hydrogen-bond acceptors (Lipinski definition) is 4. The van der Waals surface area contributed by atoms with Crippen LogP contribution in [0.15, 0.2) is 48.5 Å². The van der Waals surface area contributed by atoms with Crippen LogP contribution in [0.1, 0.15) is 36.0 Å². The summed E-state index contributed by atoms with van der Waals surface area (Å²) in [6, 6.07) is 13.2. The van der Waals surface area contributed by atoms with Crippen LogP contribution >= 0.6 is 0 Å².